The first-order chi connectivity index (χ1) is 33.3. The Labute approximate surface area is 401 Å². The van der Waals surface area contributed by atoms with Crippen molar-refractivity contribution in [3.8, 4) is 55.6 Å². The maximum atomic E-state index is 6.51. The second-order valence-electron chi connectivity index (χ2n) is 22.2. The zero-order valence-corrected chi connectivity index (χ0v) is 40.3. The summed E-state index contributed by atoms with van der Waals surface area (Å²) in [5.74, 6) is 0. The molecule has 12 aromatic rings. The van der Waals surface area contributed by atoms with Crippen LogP contribution in [-0.4, -0.2) is 0 Å². The van der Waals surface area contributed by atoms with Crippen LogP contribution < -0.4 is 0 Å². The summed E-state index contributed by atoms with van der Waals surface area (Å²) in [6, 6.07) is 60.0. The highest BCUT2D eigenvalue weighted by Crippen LogP contribution is 2.61. The van der Waals surface area contributed by atoms with E-state index in [0.717, 1.165) is 33.1 Å². The van der Waals surface area contributed by atoms with Crippen LogP contribution in [0.4, 0.5) is 0 Å². The number of hydrogen-bond acceptors (Lipinski definition) is 2. The van der Waals surface area contributed by atoms with E-state index in [-0.39, 0.29) is 16.2 Å². The number of aryl methyl sites for hydroxylation is 2. The molecular formula is C67H50O2. The van der Waals surface area contributed by atoms with E-state index in [1.54, 1.807) is 0 Å². The first-order valence-corrected chi connectivity index (χ1v) is 24.6. The molecule has 0 fully saturated rings. The van der Waals surface area contributed by atoms with Gasteiger partial charge in [0.1, 0.15) is 22.3 Å². The minimum absolute atomic E-state index is 0.207. The van der Waals surface area contributed by atoms with Crippen LogP contribution in [0.1, 0.15) is 86.1 Å². The third kappa shape index (κ3) is 5.01. The lowest BCUT2D eigenvalue weighted by atomic mass is 9.78. The highest BCUT2D eigenvalue weighted by molar-refractivity contribution is 6.14. The Bertz CT molecular complexity index is 4070. The average Bonchev–Trinajstić information content (AvgIpc) is 4.07. The highest BCUT2D eigenvalue weighted by Gasteiger charge is 2.45. The second-order valence-corrected chi connectivity index (χ2v) is 22.2. The van der Waals surface area contributed by atoms with Crippen LogP contribution in [-0.2, 0) is 16.2 Å². The summed E-state index contributed by atoms with van der Waals surface area (Å²) in [6.07, 6.45) is 0. The van der Waals surface area contributed by atoms with Crippen molar-refractivity contribution in [3.63, 3.8) is 0 Å². The van der Waals surface area contributed by atoms with Gasteiger partial charge in [-0.25, -0.2) is 0 Å². The number of hydrogen-bond donors (Lipinski definition) is 0. The molecule has 0 atom stereocenters. The molecule has 15 rings (SSSR count). The predicted molar refractivity (Wildman–Crippen MR) is 289 cm³/mol. The lowest BCUT2D eigenvalue weighted by Gasteiger charge is -2.25. The molecule has 0 spiro atoms. The van der Waals surface area contributed by atoms with Crippen molar-refractivity contribution in [1.29, 1.82) is 0 Å². The van der Waals surface area contributed by atoms with E-state index in [1.807, 2.05) is 0 Å². The lowest BCUT2D eigenvalue weighted by Crippen LogP contribution is -2.17. The van der Waals surface area contributed by atoms with Crippen LogP contribution in [0, 0.1) is 13.8 Å². The third-order valence-electron chi connectivity index (χ3n) is 17.2. The molecule has 10 aromatic carbocycles. The fourth-order valence-electron chi connectivity index (χ4n) is 13.5. The molecule has 2 aromatic heterocycles. The standard InChI is InChI=1S/C67H50O2/c1-35-17-21-41-43-23-19-37(27-61(43)68-59(41)25-35)47-29-57-63(45-15-11-9-13-39(45)47)51-33-53-49(31-55(51)66(57,5)6)50-32-56-52(34-54(50)65(53,3)4)64-46-16-12-10-14-40(46)48(30-58(64)67(56,7)8)38-20-24-44-42-22-18-36(2)26-60(42)69-62(44)28-38/h9-34H,1-8H3. The van der Waals surface area contributed by atoms with Crippen molar-refractivity contribution in [3.05, 3.63) is 202 Å². The van der Waals surface area contributed by atoms with Gasteiger partial charge in [0.25, 0.3) is 0 Å². The molecule has 0 aliphatic heterocycles. The number of rotatable bonds is 2. The van der Waals surface area contributed by atoms with Gasteiger partial charge in [-0.3, -0.25) is 0 Å². The maximum Gasteiger partial charge on any atom is 0.136 e. The van der Waals surface area contributed by atoms with Crippen molar-refractivity contribution in [2.45, 2.75) is 71.6 Å². The van der Waals surface area contributed by atoms with E-state index >= 15 is 0 Å². The van der Waals surface area contributed by atoms with Crippen LogP contribution in [0.15, 0.2) is 167 Å². The molecule has 0 bridgehead atoms. The summed E-state index contributed by atoms with van der Waals surface area (Å²) in [5, 5.41) is 9.81. The predicted octanol–water partition coefficient (Wildman–Crippen LogP) is 18.7. The van der Waals surface area contributed by atoms with E-state index in [2.05, 4.69) is 213 Å². The Balaban J connectivity index is 0.880. The summed E-state index contributed by atoms with van der Waals surface area (Å²) in [6.45, 7) is 18.9. The van der Waals surface area contributed by atoms with Crippen LogP contribution >= 0.6 is 0 Å². The van der Waals surface area contributed by atoms with Gasteiger partial charge in [-0.15, -0.1) is 0 Å². The summed E-state index contributed by atoms with van der Waals surface area (Å²) >= 11 is 0. The van der Waals surface area contributed by atoms with Crippen molar-refractivity contribution < 1.29 is 8.83 Å². The van der Waals surface area contributed by atoms with Gasteiger partial charge in [0.05, 0.1) is 0 Å². The number of furan rings is 2. The molecule has 330 valence electrons. The molecule has 0 radical (unpaired) electrons. The van der Waals surface area contributed by atoms with Crippen LogP contribution in [0.2, 0.25) is 0 Å². The molecule has 3 aliphatic carbocycles. The van der Waals surface area contributed by atoms with Gasteiger partial charge in [-0.2, -0.15) is 0 Å². The maximum absolute atomic E-state index is 6.51. The smallest absolute Gasteiger partial charge is 0.136 e. The van der Waals surface area contributed by atoms with E-state index in [1.165, 1.54) is 132 Å². The van der Waals surface area contributed by atoms with Crippen molar-refractivity contribution in [2.24, 2.45) is 0 Å². The first-order valence-electron chi connectivity index (χ1n) is 24.6. The third-order valence-corrected chi connectivity index (χ3v) is 17.2. The quantitative estimate of drug-likeness (QED) is 0.173. The summed E-state index contributed by atoms with van der Waals surface area (Å²) in [7, 11) is 0. The van der Waals surface area contributed by atoms with E-state index in [0.29, 0.717) is 0 Å². The second kappa shape index (κ2) is 12.9. The Morgan fingerprint density at radius 3 is 1.01 bits per heavy atom. The van der Waals surface area contributed by atoms with Crippen LogP contribution in [0.5, 0.6) is 0 Å². The summed E-state index contributed by atoms with van der Waals surface area (Å²) in [4.78, 5) is 0. The fraction of sp³-hybridized carbons (Fsp3) is 0.164. The van der Waals surface area contributed by atoms with Gasteiger partial charge in [0.15, 0.2) is 0 Å². The van der Waals surface area contributed by atoms with Crippen molar-refractivity contribution >= 4 is 65.4 Å². The molecule has 0 amide bonds. The van der Waals surface area contributed by atoms with Gasteiger partial charge in [-0.1, -0.05) is 126 Å². The number of fused-ring (bicyclic) bond motifs is 19. The zero-order valence-electron chi connectivity index (χ0n) is 40.3. The minimum atomic E-state index is -0.224. The van der Waals surface area contributed by atoms with Gasteiger partial charge in [0, 0.05) is 37.8 Å². The first kappa shape index (κ1) is 39.3. The van der Waals surface area contributed by atoms with E-state index < -0.39 is 0 Å². The van der Waals surface area contributed by atoms with E-state index in [4.69, 9.17) is 8.83 Å². The van der Waals surface area contributed by atoms with Gasteiger partial charge < -0.3 is 8.83 Å². The molecule has 69 heavy (non-hydrogen) atoms. The molecule has 0 N–H and O–H groups in total. The Morgan fingerprint density at radius 1 is 0.275 bits per heavy atom. The van der Waals surface area contributed by atoms with Crippen LogP contribution in [0.3, 0.4) is 0 Å². The molecular weight excluding hydrogens is 837 g/mol. The molecule has 2 heterocycles. The summed E-state index contributed by atoms with van der Waals surface area (Å²) < 4.78 is 13.0. The van der Waals surface area contributed by atoms with Crippen molar-refractivity contribution in [1.82, 2.24) is 0 Å². The number of benzene rings is 10. The minimum Gasteiger partial charge on any atom is -0.456 e. The Morgan fingerprint density at radius 2 is 0.594 bits per heavy atom. The molecule has 2 heteroatoms. The molecule has 3 aliphatic rings. The molecule has 2 nitrogen and oxygen atoms in total. The average molecular weight is 887 g/mol. The van der Waals surface area contributed by atoms with Gasteiger partial charge in [-0.05, 0) is 208 Å². The van der Waals surface area contributed by atoms with E-state index in [9.17, 15) is 0 Å². The topological polar surface area (TPSA) is 26.3 Å². The van der Waals surface area contributed by atoms with Crippen LogP contribution in [0.25, 0.3) is 121 Å². The monoisotopic (exact) mass is 886 g/mol. The molecule has 0 unspecified atom stereocenters. The summed E-state index contributed by atoms with van der Waals surface area (Å²) in [5.41, 5.74) is 27.0. The highest BCUT2D eigenvalue weighted by atomic mass is 16.3. The molecule has 0 saturated carbocycles. The van der Waals surface area contributed by atoms with Crippen molar-refractivity contribution in [2.75, 3.05) is 0 Å². The largest absolute Gasteiger partial charge is 0.456 e. The van der Waals surface area contributed by atoms with Gasteiger partial charge >= 0.3 is 0 Å². The SMILES string of the molecule is Cc1ccc2c(c1)oc1cc(-c3cc4c(c5ccccc35)-c3cc5c(cc3C4(C)C)-c3cc4c(cc3C5(C)C)-c3c(cc(-c5ccc6c(c5)oc5cc(C)ccc56)c5ccccc35)C4(C)C)ccc12. The molecule has 0 saturated heterocycles. The normalized spacial score (nSPS) is 15.6. The lowest BCUT2D eigenvalue weighted by molar-refractivity contribution is 0.649. The van der Waals surface area contributed by atoms with Gasteiger partial charge in [0.2, 0.25) is 0 Å². The zero-order chi connectivity index (χ0) is 46.6. The Kier molecular flexibility index (Phi) is 7.35. The fourth-order valence-corrected chi connectivity index (χ4v) is 13.5. The Hall–Kier alpha value is -7.68.